The fourth-order valence-corrected chi connectivity index (χ4v) is 1.99. The summed E-state index contributed by atoms with van der Waals surface area (Å²) in [6, 6.07) is 1.62. The molecule has 20 heavy (non-hydrogen) atoms. The molecule has 1 aliphatic rings. The Kier molecular flexibility index (Phi) is 4.55. The number of esters is 2. The van der Waals surface area contributed by atoms with E-state index in [-0.39, 0.29) is 24.5 Å². The van der Waals surface area contributed by atoms with Crippen molar-refractivity contribution in [2.24, 2.45) is 0 Å². The van der Waals surface area contributed by atoms with Gasteiger partial charge in [0.15, 0.2) is 5.69 Å². The summed E-state index contributed by atoms with van der Waals surface area (Å²) >= 11 is 0. The molecule has 0 fully saturated rings. The number of hydrogen-bond acceptors (Lipinski definition) is 6. The van der Waals surface area contributed by atoms with Crippen LogP contribution in [0.2, 0.25) is 0 Å². The van der Waals surface area contributed by atoms with Crippen molar-refractivity contribution < 1.29 is 23.8 Å². The molecule has 0 radical (unpaired) electrons. The van der Waals surface area contributed by atoms with E-state index in [0.717, 1.165) is 18.4 Å². The maximum atomic E-state index is 11.9. The number of pyridine rings is 1. The first-order chi connectivity index (χ1) is 9.67. The van der Waals surface area contributed by atoms with E-state index >= 15 is 0 Å². The van der Waals surface area contributed by atoms with Crippen LogP contribution in [0.3, 0.4) is 0 Å². The van der Waals surface area contributed by atoms with Gasteiger partial charge in [0.1, 0.15) is 0 Å². The lowest BCUT2D eigenvalue weighted by Crippen LogP contribution is -2.19. The van der Waals surface area contributed by atoms with Crippen LogP contribution >= 0.6 is 0 Å². The SMILES string of the molecule is CCOC(=O)c1cc2c(nc1C(=O)OCC)OCCC2. The highest BCUT2D eigenvalue weighted by Gasteiger charge is 2.25. The van der Waals surface area contributed by atoms with Gasteiger partial charge in [-0.2, -0.15) is 0 Å². The fourth-order valence-electron chi connectivity index (χ4n) is 1.99. The molecule has 0 saturated heterocycles. The first kappa shape index (κ1) is 14.3. The zero-order valence-corrected chi connectivity index (χ0v) is 11.6. The van der Waals surface area contributed by atoms with Gasteiger partial charge in [0.05, 0.1) is 25.4 Å². The van der Waals surface area contributed by atoms with Gasteiger partial charge in [-0.3, -0.25) is 0 Å². The number of rotatable bonds is 4. The second-order valence-electron chi connectivity index (χ2n) is 4.24. The predicted octanol–water partition coefficient (Wildman–Crippen LogP) is 1.76. The molecule has 0 unspecified atom stereocenters. The molecule has 2 rings (SSSR count). The predicted molar refractivity (Wildman–Crippen MR) is 70.0 cm³/mol. The van der Waals surface area contributed by atoms with Gasteiger partial charge in [-0.25, -0.2) is 14.6 Å². The Morgan fingerprint density at radius 1 is 1.25 bits per heavy atom. The molecule has 0 N–H and O–H groups in total. The number of ether oxygens (including phenoxy) is 3. The second-order valence-corrected chi connectivity index (χ2v) is 4.24. The largest absolute Gasteiger partial charge is 0.477 e. The lowest BCUT2D eigenvalue weighted by atomic mass is 10.0. The lowest BCUT2D eigenvalue weighted by molar-refractivity contribution is 0.0471. The summed E-state index contributed by atoms with van der Waals surface area (Å²) in [7, 11) is 0. The van der Waals surface area contributed by atoms with Crippen LogP contribution in [0.1, 0.15) is 46.7 Å². The number of aryl methyl sites for hydroxylation is 1. The van der Waals surface area contributed by atoms with Crippen LogP contribution in [0.5, 0.6) is 5.88 Å². The molecular weight excluding hydrogens is 262 g/mol. The highest BCUT2D eigenvalue weighted by molar-refractivity contribution is 6.02. The standard InChI is InChI=1S/C14H17NO5/c1-3-18-13(16)10-8-9-6-5-7-20-12(9)15-11(10)14(17)19-4-2/h8H,3-7H2,1-2H3. The molecular formula is C14H17NO5. The zero-order chi connectivity index (χ0) is 14.5. The van der Waals surface area contributed by atoms with Crippen LogP contribution in [-0.4, -0.2) is 36.7 Å². The summed E-state index contributed by atoms with van der Waals surface area (Å²) in [6.07, 6.45) is 1.62. The minimum absolute atomic E-state index is 0.0500. The molecule has 108 valence electrons. The quantitative estimate of drug-likeness (QED) is 0.782. The van der Waals surface area contributed by atoms with E-state index in [0.29, 0.717) is 12.5 Å². The molecule has 1 aliphatic heterocycles. The van der Waals surface area contributed by atoms with Gasteiger partial charge in [0.2, 0.25) is 5.88 Å². The van der Waals surface area contributed by atoms with Gasteiger partial charge >= 0.3 is 11.9 Å². The van der Waals surface area contributed by atoms with Gasteiger partial charge in [0, 0.05) is 5.56 Å². The third-order valence-electron chi connectivity index (χ3n) is 2.86. The van der Waals surface area contributed by atoms with E-state index in [1.807, 2.05) is 0 Å². The van der Waals surface area contributed by atoms with Crippen LogP contribution in [-0.2, 0) is 15.9 Å². The van der Waals surface area contributed by atoms with Crippen molar-refractivity contribution in [1.82, 2.24) is 4.98 Å². The minimum atomic E-state index is -0.646. The Morgan fingerprint density at radius 2 is 1.95 bits per heavy atom. The average molecular weight is 279 g/mol. The van der Waals surface area contributed by atoms with Gasteiger partial charge in [-0.1, -0.05) is 0 Å². The molecule has 0 aliphatic carbocycles. The second kappa shape index (κ2) is 6.36. The Bertz CT molecular complexity index is 480. The van der Waals surface area contributed by atoms with E-state index in [2.05, 4.69) is 4.98 Å². The Balaban J connectivity index is 2.45. The third-order valence-corrected chi connectivity index (χ3v) is 2.86. The summed E-state index contributed by atoms with van der Waals surface area (Å²) in [6.45, 7) is 4.39. The van der Waals surface area contributed by atoms with Crippen LogP contribution in [0, 0.1) is 0 Å². The van der Waals surface area contributed by atoms with Crippen molar-refractivity contribution in [3.8, 4) is 5.88 Å². The van der Waals surface area contributed by atoms with Crippen LogP contribution in [0.4, 0.5) is 0 Å². The van der Waals surface area contributed by atoms with Crippen molar-refractivity contribution in [2.75, 3.05) is 19.8 Å². The zero-order valence-electron chi connectivity index (χ0n) is 11.6. The maximum absolute atomic E-state index is 11.9. The van der Waals surface area contributed by atoms with Crippen LogP contribution in [0.25, 0.3) is 0 Å². The number of carbonyl (C=O) groups excluding carboxylic acids is 2. The van der Waals surface area contributed by atoms with Crippen LogP contribution < -0.4 is 4.74 Å². The normalized spacial score (nSPS) is 13.1. The molecule has 0 atom stereocenters. The number of aromatic nitrogens is 1. The van der Waals surface area contributed by atoms with Gasteiger partial charge in [-0.05, 0) is 32.8 Å². The minimum Gasteiger partial charge on any atom is -0.477 e. The van der Waals surface area contributed by atoms with Gasteiger partial charge < -0.3 is 14.2 Å². The molecule has 1 aromatic heterocycles. The molecule has 2 heterocycles. The molecule has 0 bridgehead atoms. The van der Waals surface area contributed by atoms with E-state index in [4.69, 9.17) is 14.2 Å². The van der Waals surface area contributed by atoms with Crippen molar-refractivity contribution >= 4 is 11.9 Å². The monoisotopic (exact) mass is 279 g/mol. The summed E-state index contributed by atoms with van der Waals surface area (Å²) in [5, 5.41) is 0. The van der Waals surface area contributed by atoms with Gasteiger partial charge in [-0.15, -0.1) is 0 Å². The summed E-state index contributed by atoms with van der Waals surface area (Å²) in [5.41, 5.74) is 0.896. The van der Waals surface area contributed by atoms with Gasteiger partial charge in [0.25, 0.3) is 0 Å². The summed E-state index contributed by atoms with van der Waals surface area (Å²) in [4.78, 5) is 28.0. The molecule has 0 spiro atoms. The van der Waals surface area contributed by atoms with Crippen LogP contribution in [0.15, 0.2) is 6.07 Å². The molecule has 6 heteroatoms. The van der Waals surface area contributed by atoms with Crippen molar-refractivity contribution in [3.63, 3.8) is 0 Å². The van der Waals surface area contributed by atoms with Crippen molar-refractivity contribution in [3.05, 3.63) is 22.9 Å². The molecule has 0 amide bonds. The molecule has 6 nitrogen and oxygen atoms in total. The van der Waals surface area contributed by atoms with Crippen molar-refractivity contribution in [2.45, 2.75) is 26.7 Å². The highest BCUT2D eigenvalue weighted by atomic mass is 16.5. The molecule has 1 aromatic rings. The Morgan fingerprint density at radius 3 is 2.65 bits per heavy atom. The Labute approximate surface area is 117 Å². The lowest BCUT2D eigenvalue weighted by Gasteiger charge is -2.18. The summed E-state index contributed by atoms with van der Waals surface area (Å²) in [5.74, 6) is -0.823. The van der Waals surface area contributed by atoms with E-state index in [1.165, 1.54) is 0 Å². The van der Waals surface area contributed by atoms with E-state index in [9.17, 15) is 9.59 Å². The third kappa shape index (κ3) is 2.89. The number of carbonyl (C=O) groups is 2. The fraction of sp³-hybridized carbons (Fsp3) is 0.500. The van der Waals surface area contributed by atoms with E-state index in [1.54, 1.807) is 19.9 Å². The van der Waals surface area contributed by atoms with E-state index < -0.39 is 11.9 Å². The Hall–Kier alpha value is -2.11. The molecule has 0 aromatic carbocycles. The number of nitrogens with zero attached hydrogens (tertiary/aromatic N) is 1. The number of hydrogen-bond donors (Lipinski definition) is 0. The first-order valence-electron chi connectivity index (χ1n) is 6.68. The number of fused-ring (bicyclic) bond motifs is 1. The highest BCUT2D eigenvalue weighted by Crippen LogP contribution is 2.26. The molecule has 0 saturated carbocycles. The topological polar surface area (TPSA) is 74.7 Å². The smallest absolute Gasteiger partial charge is 0.357 e. The maximum Gasteiger partial charge on any atom is 0.357 e. The summed E-state index contributed by atoms with van der Waals surface area (Å²) < 4.78 is 15.3. The first-order valence-corrected chi connectivity index (χ1v) is 6.68. The average Bonchev–Trinajstić information content (AvgIpc) is 2.46. The van der Waals surface area contributed by atoms with Crippen molar-refractivity contribution in [1.29, 1.82) is 0 Å².